The zero-order chi connectivity index (χ0) is 3.54. The minimum atomic E-state index is 0. The fraction of sp³-hybridized carbons (Fsp3) is 0.200. The minimum Gasteiger partial charge on any atom is -1.00 e. The summed E-state index contributed by atoms with van der Waals surface area (Å²) in [6.45, 7) is 0. The first-order chi connectivity index (χ1) is 2.50. The fourth-order valence-electron chi connectivity index (χ4n) is 0.340. The molecular weight excluding hydrogens is 201 g/mol. The maximum absolute atomic E-state index is 2.99. The van der Waals surface area contributed by atoms with Crippen molar-refractivity contribution in [2.45, 2.75) is 6.42 Å². The van der Waals surface area contributed by atoms with Crippen molar-refractivity contribution in [3.63, 3.8) is 0 Å². The average molecular weight is 206 g/mol. The van der Waals surface area contributed by atoms with Gasteiger partial charge in [0.25, 0.3) is 0 Å². The van der Waals surface area contributed by atoms with E-state index in [0.29, 0.717) is 0 Å². The van der Waals surface area contributed by atoms with Crippen molar-refractivity contribution in [2.75, 3.05) is 0 Å². The molecule has 0 saturated carbocycles. The van der Waals surface area contributed by atoms with Gasteiger partial charge >= 0.3 is 19.5 Å². The molecule has 0 unspecified atom stereocenters. The molecule has 0 heterocycles. The van der Waals surface area contributed by atoms with Gasteiger partial charge in [0.15, 0.2) is 0 Å². The maximum Gasteiger partial charge on any atom is 3.00 e. The molecule has 0 fully saturated rings. The number of allylic oxidation sites excluding steroid dienone is 4. The standard InChI is InChI=1S/C5H5.2FH.Rh/c1-2-4-5-3-1;;;/h1-3H,4H2;2*1H;/q-1;;;+3/p-2. The van der Waals surface area contributed by atoms with Crippen molar-refractivity contribution >= 4 is 0 Å². The Hall–Kier alpha value is -0.0366. The summed E-state index contributed by atoms with van der Waals surface area (Å²) in [6.07, 6.45) is 10.0. The molecule has 0 radical (unpaired) electrons. The van der Waals surface area contributed by atoms with Crippen LogP contribution in [-0.2, 0) is 19.5 Å². The molecule has 0 aromatic rings. The van der Waals surface area contributed by atoms with E-state index in [1.807, 2.05) is 12.2 Å². The third kappa shape index (κ3) is 5.96. The molecule has 8 heavy (non-hydrogen) atoms. The third-order valence-electron chi connectivity index (χ3n) is 0.586. The monoisotopic (exact) mass is 206 g/mol. The molecule has 0 N–H and O–H groups in total. The van der Waals surface area contributed by atoms with E-state index in [-0.39, 0.29) is 28.9 Å². The Morgan fingerprint density at radius 1 is 1.25 bits per heavy atom. The van der Waals surface area contributed by atoms with Crippen molar-refractivity contribution in [3.05, 3.63) is 24.3 Å². The zero-order valence-corrected chi connectivity index (χ0v) is 5.67. The summed E-state index contributed by atoms with van der Waals surface area (Å²) in [5.41, 5.74) is 0. The molecule has 1 aliphatic rings. The van der Waals surface area contributed by atoms with E-state index in [0.717, 1.165) is 6.42 Å². The van der Waals surface area contributed by atoms with Gasteiger partial charge in [0.05, 0.1) is 0 Å². The Morgan fingerprint density at radius 2 is 1.88 bits per heavy atom. The average Bonchev–Trinajstić information content (AvgIpc) is 1.76. The van der Waals surface area contributed by atoms with Crippen molar-refractivity contribution < 1.29 is 28.9 Å². The molecule has 0 nitrogen and oxygen atoms in total. The predicted octanol–water partition coefficient (Wildman–Crippen LogP) is -4.69. The zero-order valence-electron chi connectivity index (χ0n) is 4.03. The van der Waals surface area contributed by atoms with Gasteiger partial charge in [-0.1, -0.05) is 0 Å². The van der Waals surface area contributed by atoms with Crippen LogP contribution in [0.15, 0.2) is 18.2 Å². The van der Waals surface area contributed by atoms with Gasteiger partial charge in [-0.25, -0.2) is 12.2 Å². The summed E-state index contributed by atoms with van der Waals surface area (Å²) < 4.78 is 0. The van der Waals surface area contributed by atoms with Gasteiger partial charge in [0, 0.05) is 0 Å². The second kappa shape index (κ2) is 10.1. The molecule has 0 aromatic heterocycles. The second-order valence-electron chi connectivity index (χ2n) is 1.00. The molecule has 1 rings (SSSR count). The molecular formula is C5H5F2Rh. The first-order valence-electron chi connectivity index (χ1n) is 1.72. The maximum atomic E-state index is 2.99. The summed E-state index contributed by atoms with van der Waals surface area (Å²) in [5.74, 6) is 0. The smallest absolute Gasteiger partial charge is 1.00 e. The largest absolute Gasteiger partial charge is 3.00 e. The van der Waals surface area contributed by atoms with E-state index in [4.69, 9.17) is 0 Å². The van der Waals surface area contributed by atoms with E-state index in [1.54, 1.807) is 0 Å². The summed E-state index contributed by atoms with van der Waals surface area (Å²) in [4.78, 5) is 0. The van der Waals surface area contributed by atoms with Crippen molar-refractivity contribution in [3.8, 4) is 0 Å². The Balaban J connectivity index is -0.0000000833. The first-order valence-corrected chi connectivity index (χ1v) is 1.72. The first kappa shape index (κ1) is 15.7. The second-order valence-corrected chi connectivity index (χ2v) is 1.00. The molecule has 0 aromatic carbocycles. The van der Waals surface area contributed by atoms with Crippen LogP contribution in [0.25, 0.3) is 0 Å². The van der Waals surface area contributed by atoms with Crippen molar-refractivity contribution in [1.82, 2.24) is 0 Å². The summed E-state index contributed by atoms with van der Waals surface area (Å²) >= 11 is 0. The third-order valence-corrected chi connectivity index (χ3v) is 0.586. The van der Waals surface area contributed by atoms with E-state index >= 15 is 0 Å². The van der Waals surface area contributed by atoms with Crippen LogP contribution >= 0.6 is 0 Å². The molecule has 0 saturated heterocycles. The molecule has 3 heteroatoms. The number of halogens is 2. The van der Waals surface area contributed by atoms with Gasteiger partial charge in [-0.05, 0) is 0 Å². The number of rotatable bonds is 0. The van der Waals surface area contributed by atoms with Crippen molar-refractivity contribution in [2.24, 2.45) is 0 Å². The van der Waals surface area contributed by atoms with Gasteiger partial charge in [0.2, 0.25) is 0 Å². The van der Waals surface area contributed by atoms with Crippen LogP contribution in [0.4, 0.5) is 0 Å². The van der Waals surface area contributed by atoms with E-state index < -0.39 is 0 Å². The Bertz CT molecular complexity index is 68.5. The normalized spacial score (nSPS) is 11.0. The van der Waals surface area contributed by atoms with Gasteiger partial charge in [-0.3, -0.25) is 6.08 Å². The summed E-state index contributed by atoms with van der Waals surface area (Å²) in [7, 11) is 0. The van der Waals surface area contributed by atoms with Crippen LogP contribution in [0, 0.1) is 6.08 Å². The molecule has 0 bridgehead atoms. The van der Waals surface area contributed by atoms with Gasteiger partial charge in [-0.15, -0.1) is 6.42 Å². The van der Waals surface area contributed by atoms with Crippen molar-refractivity contribution in [1.29, 1.82) is 0 Å². The molecule has 48 valence electrons. The number of hydrogen-bond acceptors (Lipinski definition) is 0. The summed E-state index contributed by atoms with van der Waals surface area (Å²) in [5, 5.41) is 0. The quantitative estimate of drug-likeness (QED) is 0.276. The fourth-order valence-corrected chi connectivity index (χ4v) is 0.340. The van der Waals surface area contributed by atoms with Crippen LogP contribution in [0.5, 0.6) is 0 Å². The van der Waals surface area contributed by atoms with Crippen LogP contribution in [0.3, 0.4) is 0 Å². The van der Waals surface area contributed by atoms with E-state index in [9.17, 15) is 0 Å². The minimum absolute atomic E-state index is 0. The Kier molecular flexibility index (Phi) is 19.7. The van der Waals surface area contributed by atoms with Gasteiger partial charge in [-0.2, -0.15) is 6.08 Å². The van der Waals surface area contributed by atoms with Crippen LogP contribution < -0.4 is 9.41 Å². The van der Waals surface area contributed by atoms with E-state index in [2.05, 4.69) is 12.2 Å². The van der Waals surface area contributed by atoms with Crippen LogP contribution in [-0.4, -0.2) is 0 Å². The summed E-state index contributed by atoms with van der Waals surface area (Å²) in [6, 6.07) is 0. The molecule has 0 amide bonds. The molecule has 0 spiro atoms. The SMILES string of the molecule is [C-]1=CC=CC1.[F-].[F-].[Rh+3]. The molecule has 0 atom stereocenters. The van der Waals surface area contributed by atoms with Crippen LogP contribution in [0.1, 0.15) is 6.42 Å². The number of hydrogen-bond donors (Lipinski definition) is 0. The van der Waals surface area contributed by atoms with Gasteiger partial charge < -0.3 is 9.41 Å². The van der Waals surface area contributed by atoms with Gasteiger partial charge in [0.1, 0.15) is 0 Å². The Labute approximate surface area is 60.2 Å². The molecule has 1 aliphatic carbocycles. The molecule has 0 aliphatic heterocycles. The topological polar surface area (TPSA) is 0 Å². The van der Waals surface area contributed by atoms with Crippen LogP contribution in [0.2, 0.25) is 0 Å². The predicted molar refractivity (Wildman–Crippen MR) is 21.6 cm³/mol. The Morgan fingerprint density at radius 3 is 2.00 bits per heavy atom. The van der Waals surface area contributed by atoms with E-state index in [1.165, 1.54) is 0 Å².